The summed E-state index contributed by atoms with van der Waals surface area (Å²) in [5.74, 6) is 5.60. The highest BCUT2D eigenvalue weighted by Crippen LogP contribution is 2.18. The van der Waals surface area contributed by atoms with Gasteiger partial charge in [-0.2, -0.15) is 5.10 Å². The number of hydrogen-bond acceptors (Lipinski definition) is 4. The summed E-state index contributed by atoms with van der Waals surface area (Å²) in [6.45, 7) is 0. The van der Waals surface area contributed by atoms with Gasteiger partial charge in [-0.05, 0) is 40.0 Å². The third-order valence-corrected chi connectivity index (χ3v) is 3.05. The zero-order valence-electron chi connectivity index (χ0n) is 9.47. The maximum Gasteiger partial charge on any atom is 0.0669 e. The van der Waals surface area contributed by atoms with Gasteiger partial charge in [0.05, 0.1) is 11.7 Å². The second kappa shape index (κ2) is 5.39. The average Bonchev–Trinajstić information content (AvgIpc) is 2.72. The van der Waals surface area contributed by atoms with Gasteiger partial charge in [-0.3, -0.25) is 20.9 Å². The fourth-order valence-corrected chi connectivity index (χ4v) is 2.19. The highest BCUT2D eigenvalue weighted by molar-refractivity contribution is 9.10. The topological polar surface area (TPSA) is 68.8 Å². The third-order valence-electron chi connectivity index (χ3n) is 2.62. The average molecular weight is 296 g/mol. The van der Waals surface area contributed by atoms with Crippen molar-refractivity contribution in [2.45, 2.75) is 12.5 Å². The highest BCUT2D eigenvalue weighted by atomic mass is 79.9. The van der Waals surface area contributed by atoms with E-state index < -0.39 is 0 Å². The van der Waals surface area contributed by atoms with Gasteiger partial charge in [0, 0.05) is 30.1 Å². The van der Waals surface area contributed by atoms with E-state index >= 15 is 0 Å². The minimum atomic E-state index is 0.0265. The largest absolute Gasteiger partial charge is 0.271 e. The van der Waals surface area contributed by atoms with Crippen molar-refractivity contribution >= 4 is 15.9 Å². The molecule has 0 aliphatic rings. The van der Waals surface area contributed by atoms with Crippen LogP contribution >= 0.6 is 15.9 Å². The number of rotatable bonds is 4. The fraction of sp³-hybridized carbons (Fsp3) is 0.273. The van der Waals surface area contributed by atoms with E-state index in [1.807, 2.05) is 30.1 Å². The lowest BCUT2D eigenvalue weighted by atomic mass is 10.1. The Morgan fingerprint density at radius 2 is 2.35 bits per heavy atom. The molecule has 2 aromatic rings. The lowest BCUT2D eigenvalue weighted by molar-refractivity contribution is 0.508. The summed E-state index contributed by atoms with van der Waals surface area (Å²) in [5, 5.41) is 4.14. The second-order valence-electron chi connectivity index (χ2n) is 3.81. The molecular formula is C11H14BrN5. The van der Waals surface area contributed by atoms with E-state index in [0.29, 0.717) is 0 Å². The van der Waals surface area contributed by atoms with Gasteiger partial charge in [0.2, 0.25) is 0 Å². The van der Waals surface area contributed by atoms with E-state index in [2.05, 4.69) is 31.4 Å². The van der Waals surface area contributed by atoms with Crippen LogP contribution in [0.5, 0.6) is 0 Å². The minimum absolute atomic E-state index is 0.0265. The normalized spacial score (nSPS) is 12.6. The number of hydrogen-bond donors (Lipinski definition) is 2. The molecule has 1 atom stereocenters. The van der Waals surface area contributed by atoms with Gasteiger partial charge in [-0.25, -0.2) is 0 Å². The highest BCUT2D eigenvalue weighted by Gasteiger charge is 2.14. The number of nitrogens with one attached hydrogen (secondary N) is 1. The van der Waals surface area contributed by atoms with E-state index in [1.165, 1.54) is 0 Å². The summed E-state index contributed by atoms with van der Waals surface area (Å²) in [7, 11) is 1.90. The number of hydrazine groups is 1. The van der Waals surface area contributed by atoms with Crippen molar-refractivity contribution in [3.63, 3.8) is 0 Å². The third kappa shape index (κ3) is 2.91. The number of aryl methyl sites for hydroxylation is 1. The lowest BCUT2D eigenvalue weighted by Crippen LogP contribution is -2.31. The molecule has 0 aliphatic heterocycles. The molecule has 5 nitrogen and oxygen atoms in total. The zero-order chi connectivity index (χ0) is 12.3. The molecule has 0 saturated carbocycles. The molecule has 0 amide bonds. The van der Waals surface area contributed by atoms with Crippen molar-refractivity contribution < 1.29 is 0 Å². The number of halogens is 1. The van der Waals surface area contributed by atoms with Gasteiger partial charge >= 0.3 is 0 Å². The van der Waals surface area contributed by atoms with Crippen LogP contribution < -0.4 is 11.3 Å². The minimum Gasteiger partial charge on any atom is -0.271 e. The Labute approximate surface area is 108 Å². The summed E-state index contributed by atoms with van der Waals surface area (Å²) < 4.78 is 2.78. The lowest BCUT2D eigenvalue weighted by Gasteiger charge is -2.16. The molecule has 6 heteroatoms. The van der Waals surface area contributed by atoms with Crippen LogP contribution in [0.4, 0.5) is 0 Å². The summed E-state index contributed by atoms with van der Waals surface area (Å²) in [6.07, 6.45) is 6.13. The van der Waals surface area contributed by atoms with Crippen molar-refractivity contribution in [2.75, 3.05) is 0 Å². The first-order valence-corrected chi connectivity index (χ1v) is 6.03. The van der Waals surface area contributed by atoms with Crippen LogP contribution in [-0.2, 0) is 13.5 Å². The molecule has 0 saturated heterocycles. The Morgan fingerprint density at radius 3 is 2.94 bits per heavy atom. The summed E-state index contributed by atoms with van der Waals surface area (Å²) in [4.78, 5) is 4.14. The van der Waals surface area contributed by atoms with Crippen LogP contribution in [0, 0.1) is 0 Å². The van der Waals surface area contributed by atoms with Crippen LogP contribution in [0.3, 0.4) is 0 Å². The molecule has 0 spiro atoms. The Bertz CT molecular complexity index is 496. The molecule has 0 aliphatic carbocycles. The van der Waals surface area contributed by atoms with Crippen molar-refractivity contribution in [2.24, 2.45) is 12.9 Å². The summed E-state index contributed by atoms with van der Waals surface area (Å²) >= 11 is 3.41. The first-order chi connectivity index (χ1) is 8.20. The van der Waals surface area contributed by atoms with Gasteiger partial charge in [0.1, 0.15) is 0 Å². The van der Waals surface area contributed by atoms with E-state index in [-0.39, 0.29) is 6.04 Å². The number of pyridine rings is 1. The molecule has 0 bridgehead atoms. The summed E-state index contributed by atoms with van der Waals surface area (Å²) in [6, 6.07) is 4.02. The number of nitrogens with zero attached hydrogens (tertiary/aromatic N) is 3. The molecule has 17 heavy (non-hydrogen) atoms. The Morgan fingerprint density at radius 1 is 1.53 bits per heavy atom. The quantitative estimate of drug-likeness (QED) is 0.659. The Balaban J connectivity index is 2.19. The van der Waals surface area contributed by atoms with Gasteiger partial charge < -0.3 is 0 Å². The molecule has 90 valence electrons. The van der Waals surface area contributed by atoms with Crippen LogP contribution in [0.1, 0.15) is 17.3 Å². The van der Waals surface area contributed by atoms with Gasteiger partial charge in [-0.15, -0.1) is 0 Å². The van der Waals surface area contributed by atoms with E-state index in [4.69, 9.17) is 5.84 Å². The molecule has 2 aromatic heterocycles. The van der Waals surface area contributed by atoms with Crippen LogP contribution in [0.2, 0.25) is 0 Å². The number of aromatic nitrogens is 3. The fourth-order valence-electron chi connectivity index (χ4n) is 1.78. The standard InChI is InChI=1S/C11H14BrN5/c1-17-11(2-3-15-17)10(16-13)5-8-4-9(12)7-14-6-8/h2-4,6-7,10,16H,5,13H2,1H3. The Hall–Kier alpha value is -1.24. The van der Waals surface area contributed by atoms with Crippen molar-refractivity contribution in [1.29, 1.82) is 0 Å². The maximum atomic E-state index is 5.60. The molecule has 0 fully saturated rings. The SMILES string of the molecule is Cn1nccc1C(Cc1cncc(Br)c1)NN. The van der Waals surface area contributed by atoms with Crippen LogP contribution in [0.25, 0.3) is 0 Å². The van der Waals surface area contributed by atoms with Crippen LogP contribution in [-0.4, -0.2) is 14.8 Å². The van der Waals surface area contributed by atoms with Crippen molar-refractivity contribution in [3.8, 4) is 0 Å². The predicted molar refractivity (Wildman–Crippen MR) is 68.9 cm³/mol. The molecule has 0 radical (unpaired) electrons. The second-order valence-corrected chi connectivity index (χ2v) is 4.73. The van der Waals surface area contributed by atoms with Gasteiger partial charge in [0.15, 0.2) is 0 Å². The first-order valence-electron chi connectivity index (χ1n) is 5.24. The smallest absolute Gasteiger partial charge is 0.0669 e. The summed E-state index contributed by atoms with van der Waals surface area (Å²) in [5.41, 5.74) is 4.97. The van der Waals surface area contributed by atoms with Crippen LogP contribution in [0.15, 0.2) is 35.2 Å². The first kappa shape index (κ1) is 12.2. The molecule has 2 heterocycles. The molecule has 1 unspecified atom stereocenters. The maximum absolute atomic E-state index is 5.60. The van der Waals surface area contributed by atoms with Gasteiger partial charge in [-0.1, -0.05) is 0 Å². The van der Waals surface area contributed by atoms with E-state index in [0.717, 1.165) is 22.2 Å². The van der Waals surface area contributed by atoms with Crippen molar-refractivity contribution in [3.05, 3.63) is 46.5 Å². The molecule has 3 N–H and O–H groups in total. The molecular weight excluding hydrogens is 282 g/mol. The Kier molecular flexibility index (Phi) is 3.88. The van der Waals surface area contributed by atoms with E-state index in [9.17, 15) is 0 Å². The van der Waals surface area contributed by atoms with Gasteiger partial charge in [0.25, 0.3) is 0 Å². The molecule has 0 aromatic carbocycles. The predicted octanol–water partition coefficient (Wildman–Crippen LogP) is 1.32. The van der Waals surface area contributed by atoms with Crippen molar-refractivity contribution in [1.82, 2.24) is 20.2 Å². The molecule has 2 rings (SSSR count). The monoisotopic (exact) mass is 295 g/mol. The van der Waals surface area contributed by atoms with E-state index in [1.54, 1.807) is 12.4 Å². The zero-order valence-corrected chi connectivity index (χ0v) is 11.1. The number of nitrogens with two attached hydrogens (primary N) is 1.